The second-order valence-electron chi connectivity index (χ2n) is 3.27. The Hall–Kier alpha value is -1.97. The zero-order valence-electron chi connectivity index (χ0n) is 9.54. The molecule has 0 spiro atoms. The quantitative estimate of drug-likeness (QED) is 0.748. The molecule has 0 fully saturated rings. The van der Waals surface area contributed by atoms with E-state index >= 15 is 0 Å². The first-order valence-corrected chi connectivity index (χ1v) is 4.97. The summed E-state index contributed by atoms with van der Waals surface area (Å²) in [5.74, 6) is 0.635. The minimum absolute atomic E-state index is 0.0974. The summed E-state index contributed by atoms with van der Waals surface area (Å²) in [6, 6.07) is 5.42. The lowest BCUT2D eigenvalue weighted by Crippen LogP contribution is -2.07. The molecular formula is C12H16N2O2. The lowest BCUT2D eigenvalue weighted by atomic mass is 10.2. The van der Waals surface area contributed by atoms with E-state index in [4.69, 9.17) is 4.74 Å². The van der Waals surface area contributed by atoms with Crippen LogP contribution in [0.15, 0.2) is 30.9 Å². The lowest BCUT2D eigenvalue weighted by Gasteiger charge is -2.11. The first kappa shape index (κ1) is 12.1. The van der Waals surface area contributed by atoms with Crippen molar-refractivity contribution in [3.63, 3.8) is 0 Å². The molecule has 1 aromatic rings. The minimum atomic E-state index is -0.0974. The van der Waals surface area contributed by atoms with Crippen molar-refractivity contribution >= 4 is 17.3 Å². The Bertz CT molecular complexity index is 389. The predicted molar refractivity (Wildman–Crippen MR) is 66.0 cm³/mol. The summed E-state index contributed by atoms with van der Waals surface area (Å²) in [7, 11) is 1.60. The molecule has 0 atom stereocenters. The summed E-state index contributed by atoms with van der Waals surface area (Å²) in [4.78, 5) is 10.9. The average molecular weight is 220 g/mol. The third kappa shape index (κ3) is 3.31. The van der Waals surface area contributed by atoms with Gasteiger partial charge < -0.3 is 15.4 Å². The van der Waals surface area contributed by atoms with Gasteiger partial charge in [0.15, 0.2) is 0 Å². The van der Waals surface area contributed by atoms with Crippen molar-refractivity contribution in [3.8, 4) is 5.75 Å². The van der Waals surface area contributed by atoms with Crippen LogP contribution in [0.3, 0.4) is 0 Å². The van der Waals surface area contributed by atoms with Gasteiger partial charge in [-0.2, -0.15) is 0 Å². The maximum atomic E-state index is 10.9. The summed E-state index contributed by atoms with van der Waals surface area (Å²) in [6.07, 6.45) is 1.75. The van der Waals surface area contributed by atoms with Crippen LogP contribution < -0.4 is 15.4 Å². The van der Waals surface area contributed by atoms with E-state index in [1.165, 1.54) is 6.92 Å². The smallest absolute Gasteiger partial charge is 0.221 e. The van der Waals surface area contributed by atoms with Gasteiger partial charge in [0.25, 0.3) is 0 Å². The van der Waals surface area contributed by atoms with Crippen LogP contribution in [0.2, 0.25) is 0 Å². The van der Waals surface area contributed by atoms with E-state index in [1.807, 2.05) is 6.07 Å². The molecule has 86 valence electrons. The number of amides is 1. The molecule has 16 heavy (non-hydrogen) atoms. The fourth-order valence-electron chi connectivity index (χ4n) is 1.31. The van der Waals surface area contributed by atoms with Gasteiger partial charge in [-0.15, -0.1) is 6.58 Å². The minimum Gasteiger partial charge on any atom is -0.495 e. The van der Waals surface area contributed by atoms with Crippen LogP contribution in [0.4, 0.5) is 11.4 Å². The SMILES string of the molecule is C=CCNc1cc(NC(C)=O)ccc1OC. The van der Waals surface area contributed by atoms with Crippen molar-refractivity contribution in [2.45, 2.75) is 6.92 Å². The van der Waals surface area contributed by atoms with Gasteiger partial charge in [0.05, 0.1) is 12.8 Å². The summed E-state index contributed by atoms with van der Waals surface area (Å²) in [5, 5.41) is 5.85. The molecule has 0 saturated heterocycles. The van der Waals surface area contributed by atoms with Crippen molar-refractivity contribution in [1.29, 1.82) is 0 Å². The van der Waals surface area contributed by atoms with E-state index in [-0.39, 0.29) is 5.91 Å². The largest absolute Gasteiger partial charge is 0.495 e. The van der Waals surface area contributed by atoms with Gasteiger partial charge in [0.2, 0.25) is 5.91 Å². The normalized spacial score (nSPS) is 9.38. The van der Waals surface area contributed by atoms with Crippen molar-refractivity contribution in [1.82, 2.24) is 0 Å². The zero-order chi connectivity index (χ0) is 12.0. The predicted octanol–water partition coefficient (Wildman–Crippen LogP) is 2.25. The molecule has 1 amide bonds. The van der Waals surface area contributed by atoms with E-state index in [1.54, 1.807) is 25.3 Å². The molecule has 4 heteroatoms. The highest BCUT2D eigenvalue weighted by molar-refractivity contribution is 5.89. The summed E-state index contributed by atoms with van der Waals surface area (Å²) in [5.41, 5.74) is 1.56. The first-order chi connectivity index (χ1) is 7.67. The van der Waals surface area contributed by atoms with E-state index in [9.17, 15) is 4.79 Å². The molecule has 0 saturated carbocycles. The molecule has 1 rings (SSSR count). The maximum absolute atomic E-state index is 10.9. The number of carbonyl (C=O) groups excluding carboxylic acids is 1. The van der Waals surface area contributed by atoms with Crippen LogP contribution in [-0.2, 0) is 4.79 Å². The number of benzene rings is 1. The summed E-state index contributed by atoms with van der Waals surface area (Å²) >= 11 is 0. The van der Waals surface area contributed by atoms with Gasteiger partial charge in [0.1, 0.15) is 5.75 Å². The Morgan fingerprint density at radius 1 is 1.56 bits per heavy atom. The van der Waals surface area contributed by atoms with Crippen molar-refractivity contribution in [2.75, 3.05) is 24.3 Å². The second kappa shape index (κ2) is 5.80. The molecule has 0 aromatic heterocycles. The fourth-order valence-corrected chi connectivity index (χ4v) is 1.31. The van der Waals surface area contributed by atoms with Gasteiger partial charge in [-0.3, -0.25) is 4.79 Å². The van der Waals surface area contributed by atoms with Crippen molar-refractivity contribution in [2.24, 2.45) is 0 Å². The van der Waals surface area contributed by atoms with Crippen LogP contribution in [0.5, 0.6) is 5.75 Å². The molecule has 2 N–H and O–H groups in total. The molecule has 0 unspecified atom stereocenters. The number of carbonyl (C=O) groups is 1. The molecule has 0 aliphatic carbocycles. The van der Waals surface area contributed by atoms with Gasteiger partial charge in [0, 0.05) is 19.2 Å². The van der Waals surface area contributed by atoms with E-state index < -0.39 is 0 Å². The molecule has 0 bridgehead atoms. The van der Waals surface area contributed by atoms with Gasteiger partial charge in [-0.1, -0.05) is 6.08 Å². The van der Waals surface area contributed by atoms with Crippen LogP contribution >= 0.6 is 0 Å². The number of hydrogen-bond acceptors (Lipinski definition) is 3. The van der Waals surface area contributed by atoms with Gasteiger partial charge in [-0.05, 0) is 18.2 Å². The van der Waals surface area contributed by atoms with E-state index in [2.05, 4.69) is 17.2 Å². The van der Waals surface area contributed by atoms with Crippen LogP contribution in [0.1, 0.15) is 6.92 Å². The third-order valence-corrected chi connectivity index (χ3v) is 1.96. The van der Waals surface area contributed by atoms with Gasteiger partial charge >= 0.3 is 0 Å². The van der Waals surface area contributed by atoms with Gasteiger partial charge in [-0.25, -0.2) is 0 Å². The standard InChI is InChI=1S/C12H16N2O2/c1-4-7-13-11-8-10(14-9(2)15)5-6-12(11)16-3/h4-6,8,13H,1,7H2,2-3H3,(H,14,15). The Balaban J connectivity index is 2.91. The summed E-state index contributed by atoms with van der Waals surface area (Å²) in [6.45, 7) is 5.74. The summed E-state index contributed by atoms with van der Waals surface area (Å²) < 4.78 is 5.19. The molecule has 0 aliphatic heterocycles. The lowest BCUT2D eigenvalue weighted by molar-refractivity contribution is -0.114. The highest BCUT2D eigenvalue weighted by Crippen LogP contribution is 2.27. The molecule has 0 aliphatic rings. The Labute approximate surface area is 95.3 Å². The first-order valence-electron chi connectivity index (χ1n) is 4.97. The molecule has 0 radical (unpaired) electrons. The fraction of sp³-hybridized carbons (Fsp3) is 0.250. The number of methoxy groups -OCH3 is 1. The van der Waals surface area contributed by atoms with Crippen molar-refractivity contribution < 1.29 is 9.53 Å². The Kier molecular flexibility index (Phi) is 4.39. The number of ether oxygens (including phenoxy) is 1. The van der Waals surface area contributed by atoms with Crippen LogP contribution in [0.25, 0.3) is 0 Å². The van der Waals surface area contributed by atoms with E-state index in [0.29, 0.717) is 6.54 Å². The Morgan fingerprint density at radius 2 is 2.31 bits per heavy atom. The second-order valence-corrected chi connectivity index (χ2v) is 3.27. The average Bonchev–Trinajstić information content (AvgIpc) is 2.25. The monoisotopic (exact) mass is 220 g/mol. The molecular weight excluding hydrogens is 204 g/mol. The Morgan fingerprint density at radius 3 is 2.88 bits per heavy atom. The third-order valence-electron chi connectivity index (χ3n) is 1.96. The highest BCUT2D eigenvalue weighted by Gasteiger charge is 2.04. The molecule has 0 heterocycles. The van der Waals surface area contributed by atoms with Crippen LogP contribution in [-0.4, -0.2) is 19.6 Å². The van der Waals surface area contributed by atoms with Crippen LogP contribution in [0, 0.1) is 0 Å². The number of rotatable bonds is 5. The zero-order valence-corrected chi connectivity index (χ0v) is 9.54. The van der Waals surface area contributed by atoms with E-state index in [0.717, 1.165) is 17.1 Å². The maximum Gasteiger partial charge on any atom is 0.221 e. The molecule has 1 aromatic carbocycles. The van der Waals surface area contributed by atoms with Crippen molar-refractivity contribution in [3.05, 3.63) is 30.9 Å². The topological polar surface area (TPSA) is 50.4 Å². The highest BCUT2D eigenvalue weighted by atomic mass is 16.5. The number of nitrogens with one attached hydrogen (secondary N) is 2. The number of anilines is 2. The molecule has 4 nitrogen and oxygen atoms in total. The number of hydrogen-bond donors (Lipinski definition) is 2.